The molecule has 8 aromatic carbocycles. The number of nitrogens with zero attached hydrogens (tertiary/aromatic N) is 3. The maximum absolute atomic E-state index is 5.30. The molecule has 5 heteroatoms. The molecule has 0 atom stereocenters. The molecule has 11 aromatic rings. The number of hydrogen-bond donors (Lipinski definition) is 0. The third kappa shape index (κ3) is 4.03. The number of fused-ring (bicyclic) bond motifs is 10. The summed E-state index contributed by atoms with van der Waals surface area (Å²) in [6.07, 6.45) is 0. The van der Waals surface area contributed by atoms with Gasteiger partial charge >= 0.3 is 0 Å². The van der Waals surface area contributed by atoms with Gasteiger partial charge in [-0.1, -0.05) is 121 Å². The van der Waals surface area contributed by atoms with Crippen LogP contribution in [0.15, 0.2) is 152 Å². The van der Waals surface area contributed by atoms with E-state index >= 15 is 0 Å². The zero-order valence-corrected chi connectivity index (χ0v) is 29.2. The molecule has 0 amide bonds. The summed E-state index contributed by atoms with van der Waals surface area (Å²) in [4.78, 5) is 15.8. The van der Waals surface area contributed by atoms with Gasteiger partial charge in [0.15, 0.2) is 17.5 Å². The Hall–Kier alpha value is -6.27. The molecule has 3 aromatic heterocycles. The molecule has 0 N–H and O–H groups in total. The third-order valence-corrected chi connectivity index (χ3v) is 12.9. The number of thiophene rings is 2. The Morgan fingerprint density at radius 1 is 0.308 bits per heavy atom. The van der Waals surface area contributed by atoms with Crippen LogP contribution < -0.4 is 0 Å². The lowest BCUT2D eigenvalue weighted by Gasteiger charge is -2.11. The SMILES string of the molecule is c1ccc2c(-c3nc(-c4ccc5c(c4)sc4ccccc45)nc(-c4cccc5sc6cc7c(cc6c45)-c4cccc5cccc-7c45)n3)cccc2c1. The Kier molecular flexibility index (Phi) is 5.81. The Morgan fingerprint density at radius 2 is 0.885 bits per heavy atom. The fourth-order valence-corrected chi connectivity index (χ4v) is 10.6. The molecule has 240 valence electrons. The Bertz CT molecular complexity index is 3310. The van der Waals surface area contributed by atoms with Gasteiger partial charge < -0.3 is 0 Å². The Balaban J connectivity index is 1.12. The van der Waals surface area contributed by atoms with E-state index in [-0.39, 0.29) is 0 Å². The van der Waals surface area contributed by atoms with Gasteiger partial charge in [0.25, 0.3) is 0 Å². The summed E-state index contributed by atoms with van der Waals surface area (Å²) in [5.41, 5.74) is 8.22. The minimum atomic E-state index is 0.673. The van der Waals surface area contributed by atoms with Crippen molar-refractivity contribution < 1.29 is 0 Å². The highest BCUT2D eigenvalue weighted by Crippen LogP contribution is 2.51. The molecule has 3 heterocycles. The quantitative estimate of drug-likeness (QED) is 0.185. The molecule has 0 aliphatic heterocycles. The van der Waals surface area contributed by atoms with E-state index in [1.807, 2.05) is 22.7 Å². The molecule has 1 aliphatic rings. The predicted octanol–water partition coefficient (Wildman–Crippen LogP) is 13.6. The van der Waals surface area contributed by atoms with Gasteiger partial charge in [-0.05, 0) is 74.1 Å². The van der Waals surface area contributed by atoms with Crippen LogP contribution in [-0.4, -0.2) is 15.0 Å². The molecule has 0 radical (unpaired) electrons. The van der Waals surface area contributed by atoms with Crippen molar-refractivity contribution in [3.8, 4) is 56.4 Å². The number of benzene rings is 8. The highest BCUT2D eigenvalue weighted by Gasteiger charge is 2.24. The second-order valence-corrected chi connectivity index (χ2v) is 15.7. The fraction of sp³-hybridized carbons (Fsp3) is 0. The number of rotatable bonds is 3. The second kappa shape index (κ2) is 10.6. The van der Waals surface area contributed by atoms with Crippen molar-refractivity contribution in [1.29, 1.82) is 0 Å². The van der Waals surface area contributed by atoms with Crippen LogP contribution in [0, 0.1) is 0 Å². The molecular formula is C47H25N3S2. The van der Waals surface area contributed by atoms with Crippen molar-refractivity contribution in [2.45, 2.75) is 0 Å². The zero-order chi connectivity index (χ0) is 33.9. The van der Waals surface area contributed by atoms with Crippen LogP contribution in [0.5, 0.6) is 0 Å². The van der Waals surface area contributed by atoms with Crippen molar-refractivity contribution in [2.24, 2.45) is 0 Å². The van der Waals surface area contributed by atoms with E-state index in [1.165, 1.54) is 73.4 Å². The Labute approximate surface area is 306 Å². The van der Waals surface area contributed by atoms with Crippen molar-refractivity contribution in [1.82, 2.24) is 15.0 Å². The molecule has 0 spiro atoms. The minimum absolute atomic E-state index is 0.673. The summed E-state index contributed by atoms with van der Waals surface area (Å²) in [6.45, 7) is 0. The van der Waals surface area contributed by atoms with Gasteiger partial charge in [-0.25, -0.2) is 15.0 Å². The van der Waals surface area contributed by atoms with Crippen LogP contribution in [0.1, 0.15) is 0 Å². The van der Waals surface area contributed by atoms with Crippen molar-refractivity contribution >= 4 is 84.6 Å². The van der Waals surface area contributed by atoms with Crippen LogP contribution in [0.2, 0.25) is 0 Å². The highest BCUT2D eigenvalue weighted by atomic mass is 32.1. The fourth-order valence-electron chi connectivity index (χ4n) is 8.33. The van der Waals surface area contributed by atoms with Gasteiger partial charge in [-0.2, -0.15) is 0 Å². The average Bonchev–Trinajstić information content (AvgIpc) is 3.86. The van der Waals surface area contributed by atoms with Crippen LogP contribution >= 0.6 is 22.7 Å². The van der Waals surface area contributed by atoms with Gasteiger partial charge in [0, 0.05) is 57.0 Å². The summed E-state index contributed by atoms with van der Waals surface area (Å²) in [6, 6.07) is 54.7. The summed E-state index contributed by atoms with van der Waals surface area (Å²) in [5, 5.41) is 9.88. The van der Waals surface area contributed by atoms with Gasteiger partial charge in [0.2, 0.25) is 0 Å². The lowest BCUT2D eigenvalue weighted by Crippen LogP contribution is -2.00. The van der Waals surface area contributed by atoms with Gasteiger partial charge in [0.05, 0.1) is 0 Å². The molecule has 0 saturated carbocycles. The minimum Gasteiger partial charge on any atom is -0.208 e. The number of aromatic nitrogens is 3. The third-order valence-electron chi connectivity index (χ3n) is 10.7. The molecule has 12 rings (SSSR count). The molecule has 0 fully saturated rings. The molecule has 52 heavy (non-hydrogen) atoms. The molecular weight excluding hydrogens is 671 g/mol. The molecule has 1 aliphatic carbocycles. The first-order chi connectivity index (χ1) is 25.7. The first-order valence-corrected chi connectivity index (χ1v) is 19.1. The molecule has 0 saturated heterocycles. The molecule has 0 unspecified atom stereocenters. The second-order valence-electron chi connectivity index (χ2n) is 13.5. The van der Waals surface area contributed by atoms with E-state index in [9.17, 15) is 0 Å². The van der Waals surface area contributed by atoms with E-state index in [0.29, 0.717) is 17.5 Å². The maximum atomic E-state index is 5.30. The first-order valence-electron chi connectivity index (χ1n) is 17.4. The smallest absolute Gasteiger partial charge is 0.164 e. The van der Waals surface area contributed by atoms with Gasteiger partial charge in [-0.15, -0.1) is 22.7 Å². The summed E-state index contributed by atoms with van der Waals surface area (Å²) in [5.74, 6) is 2.03. The summed E-state index contributed by atoms with van der Waals surface area (Å²) in [7, 11) is 0. The van der Waals surface area contributed by atoms with E-state index in [1.54, 1.807) is 0 Å². The Morgan fingerprint density at radius 3 is 1.75 bits per heavy atom. The zero-order valence-electron chi connectivity index (χ0n) is 27.6. The maximum Gasteiger partial charge on any atom is 0.164 e. The lowest BCUT2D eigenvalue weighted by atomic mass is 9.99. The predicted molar refractivity (Wildman–Crippen MR) is 221 cm³/mol. The van der Waals surface area contributed by atoms with Gasteiger partial charge in [0.1, 0.15) is 0 Å². The largest absolute Gasteiger partial charge is 0.208 e. The van der Waals surface area contributed by atoms with Crippen molar-refractivity contribution in [2.75, 3.05) is 0 Å². The standard InChI is InChI=1S/C47H25N3S2/c1-2-13-29-26(9-1)10-5-17-34(29)46-48-45(28-21-22-31-30-14-3-4-19-39(30)51-41(31)23-28)49-47(50-46)35-18-8-20-40-44(35)38-24-36-32-15-6-11-27-12-7-16-33(43(27)32)37(36)25-42(38)52-40/h1-25H. The van der Waals surface area contributed by atoms with Crippen LogP contribution in [0.3, 0.4) is 0 Å². The van der Waals surface area contributed by atoms with E-state index < -0.39 is 0 Å². The van der Waals surface area contributed by atoms with Crippen LogP contribution in [0.4, 0.5) is 0 Å². The summed E-state index contributed by atoms with van der Waals surface area (Å²) < 4.78 is 5.00. The average molecular weight is 696 g/mol. The monoisotopic (exact) mass is 695 g/mol. The lowest BCUT2D eigenvalue weighted by molar-refractivity contribution is 1.08. The normalized spacial score (nSPS) is 12.2. The van der Waals surface area contributed by atoms with Gasteiger partial charge in [-0.3, -0.25) is 0 Å². The topological polar surface area (TPSA) is 38.7 Å². The highest BCUT2D eigenvalue weighted by molar-refractivity contribution is 7.26. The molecule has 0 bridgehead atoms. The van der Waals surface area contributed by atoms with E-state index in [4.69, 9.17) is 15.0 Å². The van der Waals surface area contributed by atoms with Crippen LogP contribution in [0.25, 0.3) is 118 Å². The molecule has 3 nitrogen and oxygen atoms in total. The van der Waals surface area contributed by atoms with E-state index in [0.717, 1.165) is 27.5 Å². The first kappa shape index (κ1) is 28.4. The number of hydrogen-bond acceptors (Lipinski definition) is 5. The summed E-state index contributed by atoms with van der Waals surface area (Å²) >= 11 is 3.65. The van der Waals surface area contributed by atoms with Crippen molar-refractivity contribution in [3.63, 3.8) is 0 Å². The van der Waals surface area contributed by atoms with Crippen molar-refractivity contribution in [3.05, 3.63) is 152 Å². The van der Waals surface area contributed by atoms with E-state index in [2.05, 4.69) is 152 Å². The van der Waals surface area contributed by atoms with Crippen LogP contribution in [-0.2, 0) is 0 Å².